The number of hydrogen-bond donors (Lipinski definition) is 2. The van der Waals surface area contributed by atoms with E-state index in [0.29, 0.717) is 12.6 Å². The minimum Gasteiger partial charge on any atom is -0.492 e. The summed E-state index contributed by atoms with van der Waals surface area (Å²) in [7, 11) is 0. The number of aromatic amines is 1. The average molecular weight is 414 g/mol. The van der Waals surface area contributed by atoms with Crippen molar-refractivity contribution in [2.75, 3.05) is 30.3 Å². The van der Waals surface area contributed by atoms with Crippen molar-refractivity contribution in [3.05, 3.63) is 66.6 Å². The van der Waals surface area contributed by atoms with E-state index in [0.717, 1.165) is 41.7 Å². The van der Waals surface area contributed by atoms with Crippen LogP contribution in [0.3, 0.4) is 0 Å². The fraction of sp³-hybridized carbons (Fsp3) is 0.280. The maximum atomic E-state index is 6.09. The molecule has 0 bridgehead atoms. The molecule has 0 atom stereocenters. The summed E-state index contributed by atoms with van der Waals surface area (Å²) in [6, 6.07) is 14.7. The number of hydrogen-bond acceptors (Lipinski definition) is 5. The monoisotopic (exact) mass is 413 g/mol. The number of nitrogens with zero attached hydrogens (tertiary/aromatic N) is 3. The second kappa shape index (κ2) is 7.61. The summed E-state index contributed by atoms with van der Waals surface area (Å²) < 4.78 is 6.09. The highest BCUT2D eigenvalue weighted by atomic mass is 16.5. The minimum atomic E-state index is 0.0595. The summed E-state index contributed by atoms with van der Waals surface area (Å²) in [5, 5.41) is 1.16. The van der Waals surface area contributed by atoms with Gasteiger partial charge >= 0.3 is 0 Å². The molecule has 0 unspecified atom stereocenters. The number of nitrogen functional groups attached to an aromatic ring is 1. The smallest absolute Gasteiger partial charge is 0.219 e. The van der Waals surface area contributed by atoms with Gasteiger partial charge in [-0.3, -0.25) is 0 Å². The highest BCUT2D eigenvalue weighted by Gasteiger charge is 2.33. The van der Waals surface area contributed by atoms with Crippen LogP contribution >= 0.6 is 0 Å². The Hall–Kier alpha value is -3.54. The molecule has 6 nitrogen and oxygen atoms in total. The van der Waals surface area contributed by atoms with Crippen molar-refractivity contribution < 1.29 is 4.74 Å². The van der Waals surface area contributed by atoms with Gasteiger partial charge in [0, 0.05) is 47.3 Å². The Morgan fingerprint density at radius 2 is 1.97 bits per heavy atom. The summed E-state index contributed by atoms with van der Waals surface area (Å²) in [5.74, 6) is 1.20. The number of nitrogens with one attached hydrogen (secondary N) is 1. The number of nitrogens with two attached hydrogens (primary N) is 1. The molecule has 158 valence electrons. The first-order valence-electron chi connectivity index (χ1n) is 10.7. The predicted octanol–water partition coefficient (Wildman–Crippen LogP) is 4.77. The first-order valence-corrected chi connectivity index (χ1v) is 10.7. The molecule has 1 aliphatic rings. The van der Waals surface area contributed by atoms with Gasteiger partial charge in [-0.15, -0.1) is 0 Å². The first kappa shape index (κ1) is 19.4. The van der Waals surface area contributed by atoms with Crippen LogP contribution < -0.4 is 15.4 Å². The van der Waals surface area contributed by atoms with Crippen LogP contribution in [0.25, 0.3) is 22.0 Å². The third kappa shape index (κ3) is 3.69. The van der Waals surface area contributed by atoms with Crippen molar-refractivity contribution in [2.45, 2.75) is 25.7 Å². The van der Waals surface area contributed by atoms with Crippen LogP contribution in [0.15, 0.2) is 61.1 Å². The zero-order valence-corrected chi connectivity index (χ0v) is 17.9. The van der Waals surface area contributed by atoms with Crippen LogP contribution in [-0.4, -0.2) is 34.6 Å². The van der Waals surface area contributed by atoms with Gasteiger partial charge in [0.2, 0.25) is 5.95 Å². The molecule has 0 spiro atoms. The van der Waals surface area contributed by atoms with Crippen molar-refractivity contribution in [1.29, 1.82) is 0 Å². The van der Waals surface area contributed by atoms with E-state index in [1.807, 2.05) is 24.7 Å². The number of fused-ring (bicyclic) bond motifs is 2. The number of aromatic nitrogens is 3. The Balaban J connectivity index is 1.39. The van der Waals surface area contributed by atoms with Gasteiger partial charge in [-0.25, -0.2) is 9.97 Å². The number of H-pyrrole nitrogens is 1. The summed E-state index contributed by atoms with van der Waals surface area (Å²) in [5.41, 5.74) is 11.6. The Morgan fingerprint density at radius 1 is 1.13 bits per heavy atom. The van der Waals surface area contributed by atoms with Crippen molar-refractivity contribution in [2.24, 2.45) is 0 Å². The van der Waals surface area contributed by atoms with Crippen LogP contribution in [0.2, 0.25) is 0 Å². The number of anilines is 2. The third-order valence-electron chi connectivity index (χ3n) is 6.20. The summed E-state index contributed by atoms with van der Waals surface area (Å²) >= 11 is 0. The van der Waals surface area contributed by atoms with Gasteiger partial charge in [0.25, 0.3) is 0 Å². The summed E-state index contributed by atoms with van der Waals surface area (Å²) in [6.07, 6.45) is 6.65. The van der Waals surface area contributed by atoms with Gasteiger partial charge in [-0.05, 0) is 53.3 Å². The number of ether oxygens (including phenoxy) is 1. The molecule has 0 saturated heterocycles. The molecule has 0 radical (unpaired) electrons. The quantitative estimate of drug-likeness (QED) is 0.492. The molecule has 4 aromatic rings. The van der Waals surface area contributed by atoms with E-state index in [1.165, 1.54) is 16.8 Å². The lowest BCUT2D eigenvalue weighted by Crippen LogP contribution is -2.39. The van der Waals surface area contributed by atoms with Crippen molar-refractivity contribution >= 4 is 22.5 Å². The predicted molar refractivity (Wildman–Crippen MR) is 126 cm³/mol. The lowest BCUT2D eigenvalue weighted by atomic mass is 9.74. The van der Waals surface area contributed by atoms with Crippen LogP contribution in [0.1, 0.15) is 25.8 Å². The molecular weight excluding hydrogens is 386 g/mol. The minimum absolute atomic E-state index is 0.0595. The largest absolute Gasteiger partial charge is 0.492 e. The van der Waals surface area contributed by atoms with Gasteiger partial charge in [-0.2, -0.15) is 0 Å². The maximum Gasteiger partial charge on any atom is 0.219 e. The second-order valence-corrected chi connectivity index (χ2v) is 8.73. The van der Waals surface area contributed by atoms with Crippen molar-refractivity contribution in [3.8, 4) is 16.9 Å². The zero-order chi connectivity index (χ0) is 21.4. The van der Waals surface area contributed by atoms with Crippen LogP contribution in [0, 0.1) is 0 Å². The molecule has 3 heterocycles. The zero-order valence-electron chi connectivity index (χ0n) is 17.9. The van der Waals surface area contributed by atoms with Crippen LogP contribution in [-0.2, 0) is 5.41 Å². The average Bonchev–Trinajstić information content (AvgIpc) is 3.23. The van der Waals surface area contributed by atoms with Crippen molar-refractivity contribution in [3.63, 3.8) is 0 Å². The molecule has 0 fully saturated rings. The molecule has 0 amide bonds. The van der Waals surface area contributed by atoms with Gasteiger partial charge < -0.3 is 20.4 Å². The van der Waals surface area contributed by atoms with E-state index >= 15 is 0 Å². The molecule has 6 heteroatoms. The van der Waals surface area contributed by atoms with Crippen molar-refractivity contribution in [1.82, 2.24) is 15.0 Å². The molecular formula is C25H27N5O. The summed E-state index contributed by atoms with van der Waals surface area (Å²) in [6.45, 7) is 7.09. The molecule has 2 aromatic heterocycles. The Morgan fingerprint density at radius 3 is 2.81 bits per heavy atom. The highest BCUT2D eigenvalue weighted by Crippen LogP contribution is 2.44. The van der Waals surface area contributed by atoms with E-state index in [1.54, 1.807) is 0 Å². The summed E-state index contributed by atoms with van der Waals surface area (Å²) in [4.78, 5) is 14.0. The lowest BCUT2D eigenvalue weighted by molar-refractivity contribution is 0.319. The van der Waals surface area contributed by atoms with E-state index in [-0.39, 0.29) is 5.41 Å². The fourth-order valence-electron chi connectivity index (χ4n) is 4.52. The van der Waals surface area contributed by atoms with Gasteiger partial charge in [0.15, 0.2) is 0 Å². The number of rotatable bonds is 5. The highest BCUT2D eigenvalue weighted by molar-refractivity contribution is 5.80. The molecule has 3 N–H and O–H groups in total. The molecule has 0 aliphatic carbocycles. The van der Waals surface area contributed by atoms with E-state index in [4.69, 9.17) is 10.5 Å². The SMILES string of the molecule is CC1(C)CCN(CCOc2ccc3[nH]ccc3c2)c2cccc(-c3cnc(N)nc3)c21. The third-order valence-corrected chi connectivity index (χ3v) is 6.20. The lowest BCUT2D eigenvalue weighted by Gasteiger charge is -2.41. The normalized spacial score (nSPS) is 15.1. The van der Waals surface area contributed by atoms with E-state index in [9.17, 15) is 0 Å². The topological polar surface area (TPSA) is 80.1 Å². The molecule has 5 rings (SSSR count). The number of benzene rings is 2. The molecule has 0 saturated carbocycles. The van der Waals surface area contributed by atoms with Gasteiger partial charge in [0.05, 0.1) is 6.54 Å². The molecule has 2 aromatic carbocycles. The standard InChI is InChI=1S/C25H27N5O/c1-25(2)9-11-30(12-13-31-19-6-7-21-17(14-19)8-10-27-21)22-5-3-4-20(23(22)25)18-15-28-24(26)29-16-18/h3-8,10,14-16,27H,9,11-13H2,1-2H3,(H2,26,28,29). The van der Waals surface area contributed by atoms with Crippen LogP contribution in [0.5, 0.6) is 5.75 Å². The Labute approximate surface area is 182 Å². The molecule has 31 heavy (non-hydrogen) atoms. The Kier molecular flexibility index (Phi) is 4.77. The molecule has 1 aliphatic heterocycles. The Bertz CT molecular complexity index is 1210. The van der Waals surface area contributed by atoms with E-state index < -0.39 is 0 Å². The fourth-order valence-corrected chi connectivity index (χ4v) is 4.52. The maximum absolute atomic E-state index is 6.09. The second-order valence-electron chi connectivity index (χ2n) is 8.73. The first-order chi connectivity index (χ1) is 15.0. The van der Waals surface area contributed by atoms with Crippen LogP contribution in [0.4, 0.5) is 11.6 Å². The van der Waals surface area contributed by atoms with Gasteiger partial charge in [-0.1, -0.05) is 26.0 Å². The van der Waals surface area contributed by atoms with Gasteiger partial charge in [0.1, 0.15) is 12.4 Å². The van der Waals surface area contributed by atoms with E-state index in [2.05, 4.69) is 70.1 Å².